The number of para-hydroxylation sites is 1. The summed E-state index contributed by atoms with van der Waals surface area (Å²) >= 11 is 0. The van der Waals surface area contributed by atoms with Crippen LogP contribution in [0, 0.1) is 12.8 Å². The van der Waals surface area contributed by atoms with E-state index in [4.69, 9.17) is 4.52 Å². The van der Waals surface area contributed by atoms with E-state index in [-0.39, 0.29) is 11.9 Å². The van der Waals surface area contributed by atoms with E-state index in [2.05, 4.69) is 34.4 Å². The lowest BCUT2D eigenvalue weighted by Crippen LogP contribution is -2.47. The van der Waals surface area contributed by atoms with Gasteiger partial charge in [-0.15, -0.1) is 0 Å². The predicted octanol–water partition coefficient (Wildman–Crippen LogP) is 3.84. The Kier molecular flexibility index (Phi) is 3.97. The van der Waals surface area contributed by atoms with Gasteiger partial charge in [0, 0.05) is 6.54 Å². The number of urea groups is 1. The highest BCUT2D eigenvalue weighted by atomic mass is 16.5. The van der Waals surface area contributed by atoms with Crippen LogP contribution in [0.3, 0.4) is 0 Å². The van der Waals surface area contributed by atoms with Gasteiger partial charge in [-0.05, 0) is 43.7 Å². The van der Waals surface area contributed by atoms with Crippen molar-refractivity contribution in [3.05, 3.63) is 53.9 Å². The maximum atomic E-state index is 13.2. The van der Waals surface area contributed by atoms with Crippen molar-refractivity contribution >= 4 is 11.7 Å². The van der Waals surface area contributed by atoms with Crippen molar-refractivity contribution < 1.29 is 9.32 Å². The minimum Gasteiger partial charge on any atom is -0.337 e. The third-order valence-electron chi connectivity index (χ3n) is 5.98. The molecular weight excluding hydrogens is 368 g/mol. The Labute approximate surface area is 168 Å². The molecule has 2 amide bonds. The van der Waals surface area contributed by atoms with Gasteiger partial charge < -0.3 is 14.7 Å². The lowest BCUT2D eigenvalue weighted by molar-refractivity contribution is 0.0898. The number of carbonyl (C=O) groups is 1. The summed E-state index contributed by atoms with van der Waals surface area (Å²) in [6.45, 7) is 6.70. The fourth-order valence-electron chi connectivity index (χ4n) is 4.70. The molecular formula is C21H24N6O2. The molecule has 0 radical (unpaired) electrons. The molecule has 0 spiro atoms. The average Bonchev–Trinajstić information content (AvgIpc) is 3.42. The first-order chi connectivity index (χ1) is 14.0. The van der Waals surface area contributed by atoms with Gasteiger partial charge in [0.25, 0.3) is 5.89 Å². The highest BCUT2D eigenvalue weighted by Gasteiger charge is 2.62. The number of nitrogens with zero attached hydrogens (tertiary/aromatic N) is 5. The molecule has 8 heteroatoms. The molecule has 1 N–H and O–H groups in total. The summed E-state index contributed by atoms with van der Waals surface area (Å²) < 4.78 is 7.33. The third-order valence-corrected chi connectivity index (χ3v) is 5.98. The highest BCUT2D eigenvalue weighted by Crippen LogP contribution is 2.56. The van der Waals surface area contributed by atoms with Crippen LogP contribution in [-0.4, -0.2) is 37.4 Å². The zero-order valence-corrected chi connectivity index (χ0v) is 16.8. The molecule has 0 unspecified atom stereocenters. The minimum absolute atomic E-state index is 0.143. The Hall–Kier alpha value is -3.16. The number of aryl methyl sites for hydroxylation is 1. The fourth-order valence-corrected chi connectivity index (χ4v) is 4.70. The van der Waals surface area contributed by atoms with Crippen LogP contribution in [0.15, 0.2) is 41.1 Å². The molecule has 6 rings (SSSR count). The number of rotatable bonds is 4. The van der Waals surface area contributed by atoms with Crippen LogP contribution in [0.5, 0.6) is 0 Å². The largest absolute Gasteiger partial charge is 0.337 e. The second kappa shape index (κ2) is 6.43. The summed E-state index contributed by atoms with van der Waals surface area (Å²) in [7, 11) is 0. The zero-order valence-electron chi connectivity index (χ0n) is 16.8. The summed E-state index contributed by atoms with van der Waals surface area (Å²) in [6.07, 6.45) is 3.48. The molecule has 2 bridgehead atoms. The number of carbonyl (C=O) groups excluding carboxylic acids is 1. The summed E-state index contributed by atoms with van der Waals surface area (Å²) in [6, 6.07) is 9.80. The normalized spacial score (nSPS) is 22.8. The maximum Gasteiger partial charge on any atom is 0.322 e. The molecule has 0 atom stereocenters. The number of fused-ring (bicyclic) bond motifs is 1. The van der Waals surface area contributed by atoms with Crippen molar-refractivity contribution in [3.8, 4) is 5.69 Å². The van der Waals surface area contributed by atoms with Gasteiger partial charge in [0.05, 0.1) is 23.3 Å². The van der Waals surface area contributed by atoms with Gasteiger partial charge in [-0.3, -0.25) is 0 Å². The summed E-state index contributed by atoms with van der Waals surface area (Å²) in [4.78, 5) is 19.5. The van der Waals surface area contributed by atoms with Crippen molar-refractivity contribution in [1.29, 1.82) is 0 Å². The van der Waals surface area contributed by atoms with Crippen LogP contribution in [-0.2, 0) is 5.54 Å². The monoisotopic (exact) mass is 392 g/mol. The Morgan fingerprint density at radius 1 is 1.28 bits per heavy atom. The standard InChI is InChI=1S/C21H24N6O2/c1-13(2)18-17(11-22-27(18)16-7-5-4-6-8-16)24-20(28)26-12-15-9-21(26,10-15)19-23-14(3)25-29-19/h4-8,11,13,15H,9-10,12H2,1-3H3,(H,24,28). The summed E-state index contributed by atoms with van der Waals surface area (Å²) in [5.41, 5.74) is 2.20. The maximum absolute atomic E-state index is 13.2. The van der Waals surface area contributed by atoms with E-state index in [1.165, 1.54) is 0 Å². The number of hydrogen-bond acceptors (Lipinski definition) is 5. The molecule has 1 aromatic carbocycles. The van der Waals surface area contributed by atoms with Crippen molar-refractivity contribution in [2.75, 3.05) is 11.9 Å². The van der Waals surface area contributed by atoms with E-state index in [1.807, 2.05) is 39.9 Å². The highest BCUT2D eigenvalue weighted by molar-refractivity contribution is 5.91. The summed E-state index contributed by atoms with van der Waals surface area (Å²) in [5.74, 6) is 1.82. The second-order valence-corrected chi connectivity index (χ2v) is 8.34. The number of amides is 2. The number of nitrogens with one attached hydrogen (secondary N) is 1. The lowest BCUT2D eigenvalue weighted by Gasteiger charge is -2.38. The van der Waals surface area contributed by atoms with E-state index in [9.17, 15) is 4.79 Å². The van der Waals surface area contributed by atoms with Crippen LogP contribution >= 0.6 is 0 Å². The number of anilines is 1. The summed E-state index contributed by atoms with van der Waals surface area (Å²) in [5, 5.41) is 11.6. The van der Waals surface area contributed by atoms with Gasteiger partial charge in [-0.25, -0.2) is 9.48 Å². The van der Waals surface area contributed by atoms with E-state index in [0.29, 0.717) is 24.2 Å². The van der Waals surface area contributed by atoms with E-state index >= 15 is 0 Å². The van der Waals surface area contributed by atoms with Gasteiger partial charge >= 0.3 is 6.03 Å². The molecule has 3 aliphatic rings. The van der Waals surface area contributed by atoms with Crippen molar-refractivity contribution in [3.63, 3.8) is 0 Å². The molecule has 2 aliphatic heterocycles. The van der Waals surface area contributed by atoms with Gasteiger partial charge in [-0.2, -0.15) is 10.1 Å². The Bertz CT molecular complexity index is 1050. The number of aromatic nitrogens is 4. The quantitative estimate of drug-likeness (QED) is 0.729. The Balaban J connectivity index is 1.44. The Morgan fingerprint density at radius 2 is 2.03 bits per heavy atom. The lowest BCUT2D eigenvalue weighted by atomic mass is 9.73. The molecule has 2 aromatic heterocycles. The smallest absolute Gasteiger partial charge is 0.322 e. The van der Waals surface area contributed by atoms with Crippen LogP contribution in [0.2, 0.25) is 0 Å². The van der Waals surface area contributed by atoms with Crippen LogP contribution in [0.1, 0.15) is 50.0 Å². The van der Waals surface area contributed by atoms with Gasteiger partial charge in [0.15, 0.2) is 5.82 Å². The van der Waals surface area contributed by atoms with E-state index in [0.717, 1.165) is 29.9 Å². The van der Waals surface area contributed by atoms with Crippen LogP contribution < -0.4 is 5.32 Å². The van der Waals surface area contributed by atoms with Gasteiger partial charge in [-0.1, -0.05) is 37.2 Å². The fraction of sp³-hybridized carbons (Fsp3) is 0.429. The zero-order chi connectivity index (χ0) is 20.2. The number of hydrogen-bond donors (Lipinski definition) is 1. The van der Waals surface area contributed by atoms with Crippen LogP contribution in [0.25, 0.3) is 5.69 Å². The first-order valence-electron chi connectivity index (χ1n) is 10.0. The topological polar surface area (TPSA) is 89.1 Å². The molecule has 4 heterocycles. The number of benzene rings is 1. The predicted molar refractivity (Wildman–Crippen MR) is 107 cm³/mol. The van der Waals surface area contributed by atoms with Gasteiger partial charge in [0.1, 0.15) is 5.54 Å². The third kappa shape index (κ3) is 2.73. The molecule has 1 aliphatic carbocycles. The molecule has 150 valence electrons. The van der Waals surface area contributed by atoms with E-state index < -0.39 is 5.54 Å². The van der Waals surface area contributed by atoms with Gasteiger partial charge in [0.2, 0.25) is 0 Å². The molecule has 3 fully saturated rings. The first kappa shape index (κ1) is 17.9. The Morgan fingerprint density at radius 3 is 2.69 bits per heavy atom. The average molecular weight is 392 g/mol. The molecule has 2 saturated heterocycles. The van der Waals surface area contributed by atoms with Crippen LogP contribution in [0.4, 0.5) is 10.5 Å². The minimum atomic E-state index is -0.469. The van der Waals surface area contributed by atoms with Crippen molar-refractivity contribution in [2.24, 2.45) is 5.92 Å². The molecule has 8 nitrogen and oxygen atoms in total. The van der Waals surface area contributed by atoms with Crippen molar-refractivity contribution in [1.82, 2.24) is 24.8 Å². The molecule has 29 heavy (non-hydrogen) atoms. The molecule has 1 saturated carbocycles. The molecule has 3 aromatic rings. The second-order valence-electron chi connectivity index (χ2n) is 8.34. The van der Waals surface area contributed by atoms with Crippen molar-refractivity contribution in [2.45, 2.75) is 45.1 Å². The SMILES string of the molecule is Cc1noc(C23CC(CN2C(=O)Nc2cnn(-c4ccccc4)c2C(C)C)C3)n1. The van der Waals surface area contributed by atoms with E-state index in [1.54, 1.807) is 13.1 Å². The first-order valence-corrected chi connectivity index (χ1v) is 10.0.